The highest BCUT2D eigenvalue weighted by Gasteiger charge is 2.36. The molecule has 2 atom stereocenters. The third kappa shape index (κ3) is 2.73. The molecule has 1 saturated heterocycles. The number of amides is 1. The molecule has 1 aromatic rings. The van der Waals surface area contributed by atoms with Crippen LogP contribution >= 0.6 is 0 Å². The summed E-state index contributed by atoms with van der Waals surface area (Å²) < 4.78 is 0. The Morgan fingerprint density at radius 3 is 2.76 bits per heavy atom. The minimum Gasteiger partial charge on any atom is -0.480 e. The topological polar surface area (TPSA) is 69.6 Å². The van der Waals surface area contributed by atoms with Gasteiger partial charge in [0.05, 0.1) is 0 Å². The summed E-state index contributed by atoms with van der Waals surface area (Å²) in [4.78, 5) is 25.7. The lowest BCUT2D eigenvalue weighted by molar-refractivity contribution is -0.150. The minimum atomic E-state index is -0.888. The maximum Gasteiger partial charge on any atom is 0.326 e. The standard InChI is InChI=1S/C16H20N2O3/c19-15(13-10-11-6-3-4-7-12(11)17-13)18-9-5-1-2-8-14(18)16(20)21/h3-4,6-7,13-14,17H,1-2,5,8-10H2,(H,20,21)/t13-,14?/m0/s1. The molecule has 2 aliphatic heterocycles. The van der Waals surface area contributed by atoms with Gasteiger partial charge in [0, 0.05) is 18.7 Å². The minimum absolute atomic E-state index is 0.0829. The number of likely N-dealkylation sites (tertiary alicyclic amines) is 1. The number of nitrogens with one attached hydrogen (secondary N) is 1. The van der Waals surface area contributed by atoms with Gasteiger partial charge in [0.25, 0.3) is 0 Å². The zero-order chi connectivity index (χ0) is 14.8. The van der Waals surface area contributed by atoms with Crippen molar-refractivity contribution in [2.45, 2.75) is 44.2 Å². The molecule has 5 heteroatoms. The number of carbonyl (C=O) groups is 2. The van der Waals surface area contributed by atoms with E-state index in [4.69, 9.17) is 0 Å². The summed E-state index contributed by atoms with van der Waals surface area (Å²) in [6.45, 7) is 0.546. The summed E-state index contributed by atoms with van der Waals surface area (Å²) in [5, 5.41) is 12.6. The van der Waals surface area contributed by atoms with Gasteiger partial charge in [-0.05, 0) is 24.5 Å². The predicted molar refractivity (Wildman–Crippen MR) is 79.2 cm³/mol. The maximum absolute atomic E-state index is 12.7. The van der Waals surface area contributed by atoms with E-state index in [1.54, 1.807) is 4.90 Å². The van der Waals surface area contributed by atoms with Gasteiger partial charge in [-0.3, -0.25) is 4.79 Å². The lowest BCUT2D eigenvalue weighted by Gasteiger charge is -2.29. The molecule has 2 N–H and O–H groups in total. The second-order valence-electron chi connectivity index (χ2n) is 5.79. The van der Waals surface area contributed by atoms with E-state index in [9.17, 15) is 14.7 Å². The molecule has 5 nitrogen and oxygen atoms in total. The van der Waals surface area contributed by atoms with Crippen LogP contribution in [-0.2, 0) is 16.0 Å². The molecule has 0 aromatic heterocycles. The fourth-order valence-corrected chi connectivity index (χ4v) is 3.28. The summed E-state index contributed by atoms with van der Waals surface area (Å²) in [6, 6.07) is 6.85. The van der Waals surface area contributed by atoms with E-state index in [0.717, 1.165) is 30.5 Å². The monoisotopic (exact) mass is 288 g/mol. The van der Waals surface area contributed by atoms with Gasteiger partial charge in [0.1, 0.15) is 12.1 Å². The normalized spacial score (nSPS) is 24.9. The first kappa shape index (κ1) is 13.9. The highest BCUT2D eigenvalue weighted by molar-refractivity contribution is 5.90. The number of anilines is 1. The Morgan fingerprint density at radius 2 is 2.00 bits per heavy atom. The third-order valence-electron chi connectivity index (χ3n) is 4.39. The number of hydrogen-bond donors (Lipinski definition) is 2. The Morgan fingerprint density at radius 1 is 1.19 bits per heavy atom. The molecule has 0 radical (unpaired) electrons. The number of hydrogen-bond acceptors (Lipinski definition) is 3. The largest absolute Gasteiger partial charge is 0.480 e. The van der Waals surface area contributed by atoms with Gasteiger partial charge < -0.3 is 15.3 Å². The van der Waals surface area contributed by atoms with Crippen LogP contribution in [0.15, 0.2) is 24.3 Å². The summed E-state index contributed by atoms with van der Waals surface area (Å²) in [5.41, 5.74) is 2.11. The van der Waals surface area contributed by atoms with Gasteiger partial charge in [-0.25, -0.2) is 4.79 Å². The number of para-hydroxylation sites is 1. The van der Waals surface area contributed by atoms with E-state index >= 15 is 0 Å². The zero-order valence-electron chi connectivity index (χ0n) is 11.9. The number of carbonyl (C=O) groups excluding carboxylic acids is 1. The molecular weight excluding hydrogens is 268 g/mol. The Bertz CT molecular complexity index is 533. The van der Waals surface area contributed by atoms with Crippen LogP contribution in [0, 0.1) is 0 Å². The number of rotatable bonds is 2. The van der Waals surface area contributed by atoms with Gasteiger partial charge in [0.2, 0.25) is 5.91 Å². The van der Waals surface area contributed by atoms with E-state index < -0.39 is 12.0 Å². The highest BCUT2D eigenvalue weighted by atomic mass is 16.4. The number of nitrogens with zero attached hydrogens (tertiary/aromatic N) is 1. The lowest BCUT2D eigenvalue weighted by atomic mass is 10.1. The summed E-state index contributed by atoms with van der Waals surface area (Å²) in [7, 11) is 0. The number of carboxylic acid groups (broad SMARTS) is 1. The molecule has 1 aromatic carbocycles. The SMILES string of the molecule is O=C(O)C1CCCCCN1C(=O)[C@@H]1Cc2ccccc2N1. The first-order chi connectivity index (χ1) is 10.2. The number of aliphatic carboxylic acids is 1. The van der Waals surface area contributed by atoms with Crippen molar-refractivity contribution in [2.75, 3.05) is 11.9 Å². The van der Waals surface area contributed by atoms with Gasteiger partial charge in [0.15, 0.2) is 0 Å². The smallest absolute Gasteiger partial charge is 0.326 e. The van der Waals surface area contributed by atoms with Crippen molar-refractivity contribution in [1.29, 1.82) is 0 Å². The first-order valence-electron chi connectivity index (χ1n) is 7.54. The van der Waals surface area contributed by atoms with E-state index in [0.29, 0.717) is 19.4 Å². The second kappa shape index (κ2) is 5.76. The molecular formula is C16H20N2O3. The van der Waals surface area contributed by atoms with Crippen molar-refractivity contribution >= 4 is 17.6 Å². The van der Waals surface area contributed by atoms with Crippen molar-refractivity contribution in [2.24, 2.45) is 0 Å². The van der Waals surface area contributed by atoms with Crippen LogP contribution in [0.5, 0.6) is 0 Å². The average Bonchev–Trinajstić information content (AvgIpc) is 2.75. The highest BCUT2D eigenvalue weighted by Crippen LogP contribution is 2.27. The Hall–Kier alpha value is -2.04. The van der Waals surface area contributed by atoms with Crippen LogP contribution in [0.4, 0.5) is 5.69 Å². The molecule has 0 saturated carbocycles. The summed E-state index contributed by atoms with van der Waals surface area (Å²) in [6.07, 6.45) is 3.94. The Labute approximate surface area is 123 Å². The molecule has 1 unspecified atom stereocenters. The van der Waals surface area contributed by atoms with Crippen LogP contribution in [0.25, 0.3) is 0 Å². The van der Waals surface area contributed by atoms with Crippen molar-refractivity contribution in [3.63, 3.8) is 0 Å². The van der Waals surface area contributed by atoms with E-state index in [1.807, 2.05) is 24.3 Å². The number of carboxylic acids is 1. The van der Waals surface area contributed by atoms with Crippen LogP contribution in [0.3, 0.4) is 0 Å². The molecule has 2 heterocycles. The molecule has 21 heavy (non-hydrogen) atoms. The van der Waals surface area contributed by atoms with Crippen molar-refractivity contribution < 1.29 is 14.7 Å². The molecule has 0 spiro atoms. The van der Waals surface area contributed by atoms with Gasteiger partial charge in [-0.2, -0.15) is 0 Å². The fourth-order valence-electron chi connectivity index (χ4n) is 3.28. The first-order valence-corrected chi connectivity index (χ1v) is 7.54. The van der Waals surface area contributed by atoms with Crippen molar-refractivity contribution in [3.05, 3.63) is 29.8 Å². The molecule has 2 aliphatic rings. The Balaban J connectivity index is 1.76. The van der Waals surface area contributed by atoms with Crippen molar-refractivity contribution in [3.8, 4) is 0 Å². The van der Waals surface area contributed by atoms with E-state index in [-0.39, 0.29) is 11.9 Å². The molecule has 0 aliphatic carbocycles. The average molecular weight is 288 g/mol. The zero-order valence-corrected chi connectivity index (χ0v) is 11.9. The number of benzene rings is 1. The van der Waals surface area contributed by atoms with Gasteiger partial charge >= 0.3 is 5.97 Å². The second-order valence-corrected chi connectivity index (χ2v) is 5.79. The summed E-state index contributed by atoms with van der Waals surface area (Å²) in [5.74, 6) is -0.971. The van der Waals surface area contributed by atoms with Crippen LogP contribution < -0.4 is 5.32 Å². The Kier molecular flexibility index (Phi) is 3.82. The quantitative estimate of drug-likeness (QED) is 0.872. The lowest BCUT2D eigenvalue weighted by Crippen LogP contribution is -2.50. The van der Waals surface area contributed by atoms with Crippen LogP contribution in [0.1, 0.15) is 31.2 Å². The molecule has 0 bridgehead atoms. The molecule has 1 fully saturated rings. The summed E-state index contributed by atoms with van der Waals surface area (Å²) >= 11 is 0. The van der Waals surface area contributed by atoms with E-state index in [2.05, 4.69) is 5.32 Å². The van der Waals surface area contributed by atoms with Crippen LogP contribution in [0.2, 0.25) is 0 Å². The molecule has 112 valence electrons. The van der Waals surface area contributed by atoms with Crippen molar-refractivity contribution in [1.82, 2.24) is 4.90 Å². The molecule has 1 amide bonds. The van der Waals surface area contributed by atoms with Gasteiger partial charge in [-0.1, -0.05) is 31.0 Å². The molecule has 3 rings (SSSR count). The fraction of sp³-hybridized carbons (Fsp3) is 0.500. The van der Waals surface area contributed by atoms with Crippen LogP contribution in [-0.4, -0.2) is 40.5 Å². The van der Waals surface area contributed by atoms with Gasteiger partial charge in [-0.15, -0.1) is 0 Å². The third-order valence-corrected chi connectivity index (χ3v) is 4.39. The van der Waals surface area contributed by atoms with E-state index in [1.165, 1.54) is 0 Å². The number of fused-ring (bicyclic) bond motifs is 1. The predicted octanol–water partition coefficient (Wildman–Crippen LogP) is 1.88. The maximum atomic E-state index is 12.7.